The number of allylic oxidation sites excluding steroid dienone is 2. The highest BCUT2D eigenvalue weighted by Gasteiger charge is 2.29. The summed E-state index contributed by atoms with van der Waals surface area (Å²) < 4.78 is 5.03. The third-order valence-corrected chi connectivity index (χ3v) is 4.97. The minimum Gasteiger partial charge on any atom is -0.419 e. The number of unbranched alkanes of at least 4 members (excludes halogenated alkanes) is 11. The van der Waals surface area contributed by atoms with Crippen LogP contribution in [0.3, 0.4) is 0 Å². The number of ether oxygens (including phenoxy) is 1. The Morgan fingerprint density at radius 1 is 0.897 bits per heavy atom. The zero-order valence-electron chi connectivity index (χ0n) is 18.7. The van der Waals surface area contributed by atoms with Crippen molar-refractivity contribution >= 4 is 5.97 Å². The van der Waals surface area contributed by atoms with Gasteiger partial charge in [-0.05, 0) is 32.1 Å². The monoisotopic (exact) mass is 415 g/mol. The van der Waals surface area contributed by atoms with Crippen LogP contribution in [0.25, 0.3) is 0 Å². The molecule has 0 aromatic heterocycles. The predicted molar refractivity (Wildman–Crippen MR) is 117 cm³/mol. The summed E-state index contributed by atoms with van der Waals surface area (Å²) in [6, 6.07) is 0. The van der Waals surface area contributed by atoms with E-state index in [0.717, 1.165) is 32.1 Å². The van der Waals surface area contributed by atoms with Crippen molar-refractivity contribution in [2.24, 2.45) is 0 Å². The van der Waals surface area contributed by atoms with Gasteiger partial charge < -0.3 is 20.1 Å². The van der Waals surface area contributed by atoms with Gasteiger partial charge in [-0.15, -0.1) is 0 Å². The van der Waals surface area contributed by atoms with Crippen molar-refractivity contribution in [1.29, 1.82) is 0 Å². The number of carbonyl (C=O) groups is 1. The van der Waals surface area contributed by atoms with Crippen LogP contribution in [-0.4, -0.2) is 40.0 Å². The molecule has 4 N–H and O–H groups in total. The molecule has 0 heterocycles. The molecule has 0 aliphatic heterocycles. The van der Waals surface area contributed by atoms with Crippen molar-refractivity contribution in [1.82, 2.24) is 5.32 Å². The molecule has 0 rings (SSSR count). The summed E-state index contributed by atoms with van der Waals surface area (Å²) in [5, 5.41) is 30.2. The number of carbonyl (C=O) groups excluding carboxylic acids is 1. The Bertz CT molecular complexity index is 414. The van der Waals surface area contributed by atoms with Gasteiger partial charge in [-0.1, -0.05) is 77.4 Å². The van der Waals surface area contributed by atoms with E-state index in [1.54, 1.807) is 6.92 Å². The largest absolute Gasteiger partial charge is 0.419 e. The van der Waals surface area contributed by atoms with Crippen LogP contribution in [0.5, 0.6) is 0 Å². The molecule has 0 radical (unpaired) electrons. The summed E-state index contributed by atoms with van der Waals surface area (Å²) >= 11 is 0. The predicted octanol–water partition coefficient (Wildman–Crippen LogP) is 4.52. The van der Waals surface area contributed by atoms with Gasteiger partial charge in [0.05, 0.1) is 6.54 Å². The first kappa shape index (κ1) is 28.1. The normalized spacial score (nSPS) is 13.9. The lowest BCUT2D eigenvalue weighted by Crippen LogP contribution is -2.51. The second-order valence-electron chi connectivity index (χ2n) is 7.81. The van der Waals surface area contributed by atoms with Crippen molar-refractivity contribution < 1.29 is 24.9 Å². The van der Waals surface area contributed by atoms with Gasteiger partial charge in [0.25, 0.3) is 5.91 Å². The third-order valence-electron chi connectivity index (χ3n) is 4.97. The number of esters is 1. The molecule has 172 valence electrons. The van der Waals surface area contributed by atoms with E-state index in [1.165, 1.54) is 51.4 Å². The highest BCUT2D eigenvalue weighted by atomic mass is 16.7. The van der Waals surface area contributed by atoms with E-state index in [2.05, 4.69) is 24.4 Å². The summed E-state index contributed by atoms with van der Waals surface area (Å²) in [5.41, 5.74) is 0. The second-order valence-corrected chi connectivity index (χ2v) is 7.81. The maximum absolute atomic E-state index is 11.8. The third kappa shape index (κ3) is 18.8. The van der Waals surface area contributed by atoms with Crippen LogP contribution in [0, 0.1) is 0 Å². The lowest BCUT2D eigenvalue weighted by atomic mass is 10.1. The molecule has 0 aliphatic carbocycles. The fraction of sp³-hybridized carbons (Fsp3) is 0.870. The summed E-state index contributed by atoms with van der Waals surface area (Å²) in [6.07, 6.45) is 18.9. The van der Waals surface area contributed by atoms with Gasteiger partial charge in [0.2, 0.25) is 0 Å². The van der Waals surface area contributed by atoms with Gasteiger partial charge in [0.1, 0.15) is 0 Å². The Morgan fingerprint density at radius 3 is 1.93 bits per heavy atom. The van der Waals surface area contributed by atoms with Gasteiger partial charge in [-0.25, -0.2) is 0 Å². The smallest absolute Gasteiger partial charge is 0.309 e. The summed E-state index contributed by atoms with van der Waals surface area (Å²) in [7, 11) is 0. The number of aliphatic hydroxyl groups excluding tert-OH is 1. The summed E-state index contributed by atoms with van der Waals surface area (Å²) in [6.45, 7) is 3.62. The molecule has 0 spiro atoms. The van der Waals surface area contributed by atoms with Crippen LogP contribution in [0.4, 0.5) is 0 Å². The number of rotatable bonds is 20. The first-order valence-electron chi connectivity index (χ1n) is 11.6. The maximum Gasteiger partial charge on any atom is 0.309 e. The lowest BCUT2D eigenvalue weighted by molar-refractivity contribution is -0.229. The second kappa shape index (κ2) is 19.0. The topological polar surface area (TPSA) is 99.0 Å². The van der Waals surface area contributed by atoms with E-state index < -0.39 is 18.2 Å². The van der Waals surface area contributed by atoms with Crippen LogP contribution in [0.2, 0.25) is 0 Å². The molecule has 0 saturated carbocycles. The SMILES string of the molecule is CCCCCCCC/C=C\CCCCCCCC(=O)OC(O)(CC)NCC(O)O. The first-order chi connectivity index (χ1) is 13.9. The van der Waals surface area contributed by atoms with E-state index >= 15 is 0 Å². The van der Waals surface area contributed by atoms with Crippen LogP contribution in [0.1, 0.15) is 110 Å². The van der Waals surface area contributed by atoms with Gasteiger partial charge >= 0.3 is 5.97 Å². The molecule has 0 aliphatic rings. The molecular formula is C23H45NO5. The molecule has 0 bridgehead atoms. The molecule has 6 heteroatoms. The summed E-state index contributed by atoms with van der Waals surface area (Å²) in [5.74, 6) is -2.32. The molecule has 0 saturated heterocycles. The minimum absolute atomic E-state index is 0.123. The van der Waals surface area contributed by atoms with Crippen molar-refractivity contribution in [3.63, 3.8) is 0 Å². The zero-order chi connectivity index (χ0) is 21.8. The van der Waals surface area contributed by atoms with Gasteiger partial charge in [0.15, 0.2) is 6.29 Å². The van der Waals surface area contributed by atoms with Crippen LogP contribution >= 0.6 is 0 Å². The Morgan fingerprint density at radius 2 is 1.41 bits per heavy atom. The molecule has 6 nitrogen and oxygen atoms in total. The van der Waals surface area contributed by atoms with E-state index in [-0.39, 0.29) is 19.4 Å². The molecule has 1 unspecified atom stereocenters. The quantitative estimate of drug-likeness (QED) is 0.101. The highest BCUT2D eigenvalue weighted by Crippen LogP contribution is 2.13. The van der Waals surface area contributed by atoms with Crippen molar-refractivity contribution in [3.8, 4) is 0 Å². The fourth-order valence-corrected chi connectivity index (χ4v) is 3.06. The Hall–Kier alpha value is -0.950. The molecule has 0 fully saturated rings. The minimum atomic E-state index is -1.84. The number of hydrogen-bond acceptors (Lipinski definition) is 6. The zero-order valence-corrected chi connectivity index (χ0v) is 18.7. The molecule has 0 amide bonds. The Balaban J connectivity index is 3.55. The molecule has 0 aromatic carbocycles. The lowest BCUT2D eigenvalue weighted by Gasteiger charge is -2.28. The molecule has 29 heavy (non-hydrogen) atoms. The van der Waals surface area contributed by atoms with Crippen LogP contribution in [-0.2, 0) is 9.53 Å². The number of aliphatic hydroxyl groups is 3. The fourth-order valence-electron chi connectivity index (χ4n) is 3.06. The summed E-state index contributed by atoms with van der Waals surface area (Å²) in [4.78, 5) is 11.8. The Kier molecular flexibility index (Phi) is 18.4. The van der Waals surface area contributed by atoms with Crippen LogP contribution < -0.4 is 5.32 Å². The van der Waals surface area contributed by atoms with Gasteiger partial charge in [0, 0.05) is 12.8 Å². The first-order valence-corrected chi connectivity index (χ1v) is 11.6. The van der Waals surface area contributed by atoms with E-state index in [4.69, 9.17) is 14.9 Å². The van der Waals surface area contributed by atoms with E-state index in [0.29, 0.717) is 0 Å². The highest BCUT2D eigenvalue weighted by molar-refractivity contribution is 5.69. The van der Waals surface area contributed by atoms with Crippen LogP contribution in [0.15, 0.2) is 12.2 Å². The van der Waals surface area contributed by atoms with Gasteiger partial charge in [-0.3, -0.25) is 10.1 Å². The maximum atomic E-state index is 11.8. The standard InChI is InChI=1S/C23H45NO5/c1-3-5-6-7-8-9-10-11-12-13-14-15-16-17-18-19-22(27)29-23(28,4-2)24-20-21(25)26/h11-12,21,24-26,28H,3-10,13-20H2,1-2H3/b12-11-. The van der Waals surface area contributed by atoms with Crippen molar-refractivity contribution in [3.05, 3.63) is 12.2 Å². The average Bonchev–Trinajstić information content (AvgIpc) is 2.69. The molecule has 0 aromatic rings. The number of hydrogen-bond donors (Lipinski definition) is 4. The average molecular weight is 416 g/mol. The van der Waals surface area contributed by atoms with E-state index in [9.17, 15) is 9.90 Å². The van der Waals surface area contributed by atoms with Crippen molar-refractivity contribution in [2.75, 3.05) is 6.54 Å². The van der Waals surface area contributed by atoms with E-state index in [1.807, 2.05) is 0 Å². The van der Waals surface area contributed by atoms with Gasteiger partial charge in [-0.2, -0.15) is 0 Å². The molecule has 1 atom stereocenters. The van der Waals surface area contributed by atoms with Crippen molar-refractivity contribution in [2.45, 2.75) is 122 Å². The number of nitrogens with one attached hydrogen (secondary N) is 1. The molecular weight excluding hydrogens is 370 g/mol. The Labute approximate surface area is 177 Å².